The van der Waals surface area contributed by atoms with Crippen molar-refractivity contribution in [3.63, 3.8) is 0 Å². The van der Waals surface area contributed by atoms with Crippen LogP contribution in [-0.4, -0.2) is 83.8 Å². The first-order valence-corrected chi connectivity index (χ1v) is 23.8. The molecular formula is C44H87NO8P+. The van der Waals surface area contributed by atoms with Gasteiger partial charge < -0.3 is 19.6 Å². The van der Waals surface area contributed by atoms with Crippen LogP contribution in [0.5, 0.6) is 0 Å². The second-order valence-corrected chi connectivity index (χ2v) is 18.1. The SMILES string of the molecule is CCCCCCCC/C=C\CCCCCCC(C(=O)CCCCCCCCCCCCCCC)C(=O)C(OP(=O)(O)OC(CC)C[N+](C)(C)C)[C@@H](O)CO. The smallest absolute Gasteiger partial charge is 0.394 e. The molecule has 0 aromatic heterocycles. The molecule has 0 aliphatic rings. The molecular weight excluding hydrogens is 701 g/mol. The Bertz CT molecular complexity index is 984. The number of nitrogens with zero attached hydrogens (tertiary/aromatic N) is 1. The van der Waals surface area contributed by atoms with Crippen molar-refractivity contribution in [3.05, 3.63) is 12.2 Å². The Labute approximate surface area is 332 Å². The summed E-state index contributed by atoms with van der Waals surface area (Å²) >= 11 is 0. The van der Waals surface area contributed by atoms with Crippen LogP contribution in [0.15, 0.2) is 12.2 Å². The summed E-state index contributed by atoms with van der Waals surface area (Å²) in [6.45, 7) is 5.86. The number of carbonyl (C=O) groups is 2. The molecule has 0 spiro atoms. The number of quaternary nitrogens is 1. The van der Waals surface area contributed by atoms with Gasteiger partial charge in [-0.3, -0.25) is 18.6 Å². The lowest BCUT2D eigenvalue weighted by Gasteiger charge is -2.31. The number of aliphatic hydroxyl groups excluding tert-OH is 2. The molecule has 3 N–H and O–H groups in total. The first-order valence-electron chi connectivity index (χ1n) is 22.3. The Kier molecular flexibility index (Phi) is 33.6. The van der Waals surface area contributed by atoms with Gasteiger partial charge in [-0.05, 0) is 44.9 Å². The Balaban J connectivity index is 5.20. The molecule has 0 saturated carbocycles. The topological polar surface area (TPSA) is 130 Å². The van der Waals surface area contributed by atoms with Crippen molar-refractivity contribution < 1.29 is 42.8 Å². The Morgan fingerprint density at radius 2 is 1.07 bits per heavy atom. The molecule has 0 aliphatic carbocycles. The number of aliphatic hydroxyl groups is 2. The Hall–Kier alpha value is -0.930. The molecule has 0 amide bonds. The highest BCUT2D eigenvalue weighted by Gasteiger charge is 2.42. The number of unbranched alkanes of at least 4 members (excludes halogenated alkanes) is 22. The molecule has 5 atom stereocenters. The molecule has 0 rings (SSSR count). The van der Waals surface area contributed by atoms with E-state index in [2.05, 4.69) is 26.0 Å². The summed E-state index contributed by atoms with van der Waals surface area (Å²) in [5.41, 5.74) is 0. The first-order chi connectivity index (χ1) is 25.8. The number of allylic oxidation sites excluding steroid dienone is 2. The molecule has 0 radical (unpaired) electrons. The van der Waals surface area contributed by atoms with Gasteiger partial charge in [0.25, 0.3) is 0 Å². The molecule has 0 aliphatic heterocycles. The van der Waals surface area contributed by atoms with Crippen LogP contribution in [0.25, 0.3) is 0 Å². The zero-order valence-electron chi connectivity index (χ0n) is 36.0. The average Bonchev–Trinajstić information content (AvgIpc) is 3.12. The molecule has 0 heterocycles. The van der Waals surface area contributed by atoms with E-state index in [1.165, 1.54) is 96.3 Å². The van der Waals surface area contributed by atoms with E-state index in [0.29, 0.717) is 30.3 Å². The summed E-state index contributed by atoms with van der Waals surface area (Å²) in [6.07, 6.45) is 30.1. The predicted octanol–water partition coefficient (Wildman–Crippen LogP) is 11.2. The highest BCUT2D eigenvalue weighted by molar-refractivity contribution is 7.47. The van der Waals surface area contributed by atoms with Gasteiger partial charge >= 0.3 is 7.82 Å². The third kappa shape index (κ3) is 30.2. The van der Waals surface area contributed by atoms with Gasteiger partial charge in [-0.2, -0.15) is 0 Å². The Morgan fingerprint density at radius 1 is 0.648 bits per heavy atom. The fourth-order valence-corrected chi connectivity index (χ4v) is 8.18. The minimum atomic E-state index is -4.83. The highest BCUT2D eigenvalue weighted by Crippen LogP contribution is 2.47. The third-order valence-corrected chi connectivity index (χ3v) is 11.4. The van der Waals surface area contributed by atoms with Crippen molar-refractivity contribution in [1.82, 2.24) is 0 Å². The van der Waals surface area contributed by atoms with Crippen molar-refractivity contribution in [2.45, 2.75) is 219 Å². The van der Waals surface area contributed by atoms with Crippen molar-refractivity contribution in [2.75, 3.05) is 34.3 Å². The van der Waals surface area contributed by atoms with Gasteiger partial charge in [0.2, 0.25) is 0 Å². The van der Waals surface area contributed by atoms with E-state index in [-0.39, 0.29) is 18.6 Å². The maximum absolute atomic E-state index is 13.9. The van der Waals surface area contributed by atoms with Crippen molar-refractivity contribution in [2.24, 2.45) is 5.92 Å². The van der Waals surface area contributed by atoms with Crippen LogP contribution in [0.2, 0.25) is 0 Å². The molecule has 320 valence electrons. The molecule has 0 aromatic rings. The van der Waals surface area contributed by atoms with E-state index < -0.39 is 44.4 Å². The minimum absolute atomic E-state index is 0.230. The zero-order chi connectivity index (χ0) is 40.5. The van der Waals surface area contributed by atoms with Gasteiger partial charge in [0.15, 0.2) is 11.9 Å². The summed E-state index contributed by atoms with van der Waals surface area (Å²) in [5.74, 6) is -2.07. The molecule has 4 unspecified atom stereocenters. The summed E-state index contributed by atoms with van der Waals surface area (Å²) in [4.78, 5) is 38.3. The standard InChI is InChI=1S/C44H86NO8P/c1-7-10-12-14-16-18-20-22-24-25-27-29-31-33-35-40(41(47)36-34-32-30-28-26-23-21-19-17-15-13-11-8-2)43(49)44(42(48)38-46)53-54(50,51)52-39(9-3)37-45(4,5)6/h22,24,39-40,42,44,46,48H,7-21,23,25-38H2,1-6H3/p+1/b24-22-/t39?,40?,42-,44?/m0/s1. The van der Waals surface area contributed by atoms with Gasteiger partial charge in [0.1, 0.15) is 24.5 Å². The lowest BCUT2D eigenvalue weighted by molar-refractivity contribution is -0.873. The van der Waals surface area contributed by atoms with Crippen LogP contribution in [0.3, 0.4) is 0 Å². The second kappa shape index (κ2) is 34.1. The number of phosphoric acid groups is 1. The average molecular weight is 789 g/mol. The van der Waals surface area contributed by atoms with E-state index in [4.69, 9.17) is 9.05 Å². The number of hydrogen-bond acceptors (Lipinski definition) is 7. The lowest BCUT2D eigenvalue weighted by atomic mass is 9.86. The van der Waals surface area contributed by atoms with E-state index in [9.17, 15) is 29.3 Å². The van der Waals surface area contributed by atoms with Crippen LogP contribution < -0.4 is 0 Å². The van der Waals surface area contributed by atoms with Crippen LogP contribution >= 0.6 is 7.82 Å². The third-order valence-electron chi connectivity index (χ3n) is 10.3. The van der Waals surface area contributed by atoms with Gasteiger partial charge in [0, 0.05) is 6.42 Å². The second-order valence-electron chi connectivity index (χ2n) is 16.8. The summed E-state index contributed by atoms with van der Waals surface area (Å²) in [6, 6.07) is 0. The van der Waals surface area contributed by atoms with Crippen molar-refractivity contribution in [3.8, 4) is 0 Å². The maximum atomic E-state index is 13.9. The molecule has 9 nitrogen and oxygen atoms in total. The van der Waals surface area contributed by atoms with E-state index in [0.717, 1.165) is 51.4 Å². The molecule has 0 bridgehead atoms. The first kappa shape index (κ1) is 53.1. The monoisotopic (exact) mass is 789 g/mol. The van der Waals surface area contributed by atoms with Crippen LogP contribution in [-0.2, 0) is 23.2 Å². The number of carbonyl (C=O) groups excluding carboxylic acids is 2. The van der Waals surface area contributed by atoms with Gasteiger partial charge in [-0.15, -0.1) is 0 Å². The fraction of sp³-hybridized carbons (Fsp3) is 0.909. The van der Waals surface area contributed by atoms with Gasteiger partial charge in [-0.1, -0.05) is 161 Å². The predicted molar refractivity (Wildman–Crippen MR) is 225 cm³/mol. The maximum Gasteiger partial charge on any atom is 0.473 e. The Morgan fingerprint density at radius 3 is 1.50 bits per heavy atom. The number of phosphoric ester groups is 1. The van der Waals surface area contributed by atoms with E-state index in [1.807, 2.05) is 28.1 Å². The van der Waals surface area contributed by atoms with Crippen LogP contribution in [0, 0.1) is 5.92 Å². The van der Waals surface area contributed by atoms with Crippen LogP contribution in [0.1, 0.15) is 201 Å². The molecule has 0 fully saturated rings. The highest BCUT2D eigenvalue weighted by atomic mass is 31.2. The number of likely N-dealkylation sites (N-methyl/N-ethyl adjacent to an activating group) is 1. The van der Waals surface area contributed by atoms with E-state index >= 15 is 0 Å². The van der Waals surface area contributed by atoms with Crippen molar-refractivity contribution >= 4 is 19.4 Å². The number of Topliss-reactive ketones (excluding diaryl/α,β-unsaturated/α-hetero) is 2. The molecule has 10 heteroatoms. The van der Waals surface area contributed by atoms with Crippen LogP contribution in [0.4, 0.5) is 0 Å². The summed E-state index contributed by atoms with van der Waals surface area (Å²) in [5, 5.41) is 20.5. The fourth-order valence-electron chi connectivity index (χ4n) is 7.01. The van der Waals surface area contributed by atoms with Gasteiger partial charge in [-0.25, -0.2) is 4.57 Å². The number of ketones is 2. The van der Waals surface area contributed by atoms with Crippen molar-refractivity contribution in [1.29, 1.82) is 0 Å². The molecule has 0 saturated heterocycles. The lowest BCUT2D eigenvalue weighted by Crippen LogP contribution is -2.44. The zero-order valence-corrected chi connectivity index (χ0v) is 36.8. The summed E-state index contributed by atoms with van der Waals surface area (Å²) < 4.78 is 24.4. The number of rotatable bonds is 40. The molecule has 0 aromatic carbocycles. The largest absolute Gasteiger partial charge is 0.473 e. The minimum Gasteiger partial charge on any atom is -0.394 e. The van der Waals surface area contributed by atoms with Gasteiger partial charge in [0.05, 0.1) is 33.7 Å². The molecule has 54 heavy (non-hydrogen) atoms. The quantitative estimate of drug-likeness (QED) is 0.0184. The summed E-state index contributed by atoms with van der Waals surface area (Å²) in [7, 11) is 0.957. The number of hydrogen-bond donors (Lipinski definition) is 3. The normalized spacial score (nSPS) is 15.6. The van der Waals surface area contributed by atoms with E-state index in [1.54, 1.807) is 0 Å².